The second-order valence-electron chi connectivity index (χ2n) is 7.63. The molecule has 0 aromatic heterocycles. The van der Waals surface area contributed by atoms with Crippen molar-refractivity contribution in [2.45, 2.75) is 69.2 Å². The number of thiol groups is 1. The van der Waals surface area contributed by atoms with Gasteiger partial charge in [0.2, 0.25) is 11.8 Å². The summed E-state index contributed by atoms with van der Waals surface area (Å²) >= 11 is 5.96. The first kappa shape index (κ1) is 19.4. The summed E-state index contributed by atoms with van der Waals surface area (Å²) in [7, 11) is 0. The van der Waals surface area contributed by atoms with Gasteiger partial charge in [-0.1, -0.05) is 20.8 Å². The Hall–Kier alpha value is -0.890. The van der Waals surface area contributed by atoms with Crippen LogP contribution in [0.1, 0.15) is 46.5 Å². The maximum absolute atomic E-state index is 12.8. The summed E-state index contributed by atoms with van der Waals surface area (Å²) in [5, 5.41) is 11.6. The predicted octanol–water partition coefficient (Wildman–Crippen LogP) is 1.74. The number of nitrogens with one attached hydrogen (secondary N) is 1. The lowest BCUT2D eigenvalue weighted by Crippen LogP contribution is -2.53. The van der Waals surface area contributed by atoms with Crippen LogP contribution in [0.3, 0.4) is 0 Å². The molecule has 2 aliphatic rings. The lowest BCUT2D eigenvalue weighted by Gasteiger charge is -2.29. The number of nitrogens with zero attached hydrogens (tertiary/aromatic N) is 1. The molecule has 24 heavy (non-hydrogen) atoms. The number of carbonyl (C=O) groups excluding carboxylic acids is 2. The van der Waals surface area contributed by atoms with Crippen LogP contribution in [0.5, 0.6) is 0 Å². The van der Waals surface area contributed by atoms with Crippen molar-refractivity contribution in [2.24, 2.45) is 5.41 Å². The largest absolute Gasteiger partial charge is 0.480 e. The summed E-state index contributed by atoms with van der Waals surface area (Å²) in [4.78, 5) is 38.0. The maximum atomic E-state index is 12.8. The van der Waals surface area contributed by atoms with Crippen LogP contribution in [0.25, 0.3) is 0 Å². The minimum absolute atomic E-state index is 0.0402. The van der Waals surface area contributed by atoms with Crippen LogP contribution in [0, 0.1) is 5.41 Å². The molecule has 2 heterocycles. The van der Waals surface area contributed by atoms with Crippen LogP contribution in [-0.4, -0.2) is 56.3 Å². The van der Waals surface area contributed by atoms with Gasteiger partial charge in [0.15, 0.2) is 0 Å². The number of hydrogen-bond donors (Lipinski definition) is 3. The van der Waals surface area contributed by atoms with E-state index in [0.29, 0.717) is 25.7 Å². The first-order valence-electron chi connectivity index (χ1n) is 8.25. The van der Waals surface area contributed by atoms with Gasteiger partial charge in [0, 0.05) is 0 Å². The molecular weight excluding hydrogens is 348 g/mol. The van der Waals surface area contributed by atoms with Gasteiger partial charge in [0.25, 0.3) is 0 Å². The Morgan fingerprint density at radius 2 is 2.04 bits per heavy atom. The SMILES string of the molecule is CC(C)(C)CC(S)C(=O)N[C@H]1CCS[C@H]2CC[C@@H](C(=O)O)N2C1=O. The fraction of sp³-hybridized carbons (Fsp3) is 0.812. The van der Waals surface area contributed by atoms with Gasteiger partial charge in [-0.2, -0.15) is 12.6 Å². The van der Waals surface area contributed by atoms with Gasteiger partial charge in [-0.25, -0.2) is 4.79 Å². The number of hydrogen-bond acceptors (Lipinski definition) is 5. The molecule has 0 spiro atoms. The van der Waals surface area contributed by atoms with Gasteiger partial charge in [0.1, 0.15) is 12.1 Å². The van der Waals surface area contributed by atoms with E-state index in [1.807, 2.05) is 20.8 Å². The molecule has 0 aromatic rings. The molecule has 2 aliphatic heterocycles. The molecule has 0 saturated carbocycles. The zero-order chi connectivity index (χ0) is 18.1. The van der Waals surface area contributed by atoms with E-state index in [9.17, 15) is 19.5 Å². The quantitative estimate of drug-likeness (QED) is 0.653. The highest BCUT2D eigenvalue weighted by Gasteiger charge is 2.45. The van der Waals surface area contributed by atoms with E-state index in [1.165, 1.54) is 4.90 Å². The number of aliphatic carboxylic acids is 1. The van der Waals surface area contributed by atoms with Crippen molar-refractivity contribution >= 4 is 42.2 Å². The Morgan fingerprint density at radius 1 is 1.38 bits per heavy atom. The van der Waals surface area contributed by atoms with Gasteiger partial charge < -0.3 is 15.3 Å². The van der Waals surface area contributed by atoms with Crippen LogP contribution in [0.15, 0.2) is 0 Å². The molecule has 2 N–H and O–H groups in total. The monoisotopic (exact) mass is 374 g/mol. The van der Waals surface area contributed by atoms with E-state index < -0.39 is 23.3 Å². The normalized spacial score (nSPS) is 28.9. The van der Waals surface area contributed by atoms with E-state index in [-0.39, 0.29) is 22.6 Å². The second kappa shape index (κ2) is 7.56. The predicted molar refractivity (Wildman–Crippen MR) is 97.1 cm³/mol. The van der Waals surface area contributed by atoms with Gasteiger partial charge in [-0.05, 0) is 36.9 Å². The average molecular weight is 375 g/mol. The van der Waals surface area contributed by atoms with Crippen molar-refractivity contribution in [2.75, 3.05) is 5.75 Å². The van der Waals surface area contributed by atoms with Crippen LogP contribution < -0.4 is 5.32 Å². The number of rotatable bonds is 4. The molecule has 2 amide bonds. The third-order valence-corrected chi connectivity index (χ3v) is 6.05. The minimum Gasteiger partial charge on any atom is -0.480 e. The van der Waals surface area contributed by atoms with E-state index in [2.05, 4.69) is 17.9 Å². The molecular formula is C16H26N2O4S2. The third kappa shape index (κ3) is 4.59. The van der Waals surface area contributed by atoms with Gasteiger partial charge in [-0.15, -0.1) is 11.8 Å². The third-order valence-electron chi connectivity index (χ3n) is 4.31. The van der Waals surface area contributed by atoms with Crippen LogP contribution in [-0.2, 0) is 14.4 Å². The van der Waals surface area contributed by atoms with Crippen molar-refractivity contribution in [1.82, 2.24) is 10.2 Å². The Kier molecular flexibility index (Phi) is 6.12. The second-order valence-corrected chi connectivity index (χ2v) is 9.54. The summed E-state index contributed by atoms with van der Waals surface area (Å²) in [6.07, 6.45) is 2.28. The highest BCUT2D eigenvalue weighted by Crippen LogP contribution is 2.35. The van der Waals surface area contributed by atoms with E-state index in [1.54, 1.807) is 11.8 Å². The molecule has 8 heteroatoms. The van der Waals surface area contributed by atoms with Gasteiger partial charge in [-0.3, -0.25) is 9.59 Å². The van der Waals surface area contributed by atoms with Crippen molar-refractivity contribution in [3.8, 4) is 0 Å². The first-order chi connectivity index (χ1) is 11.1. The Labute approximate surface area is 152 Å². The maximum Gasteiger partial charge on any atom is 0.326 e. The van der Waals surface area contributed by atoms with Crippen molar-refractivity contribution in [3.05, 3.63) is 0 Å². The Bertz CT molecular complexity index is 521. The number of amides is 2. The summed E-state index contributed by atoms with van der Waals surface area (Å²) < 4.78 is 0. The minimum atomic E-state index is -0.974. The molecule has 4 atom stereocenters. The van der Waals surface area contributed by atoms with Crippen molar-refractivity contribution < 1.29 is 19.5 Å². The fourth-order valence-electron chi connectivity index (χ4n) is 3.18. The molecule has 0 aromatic carbocycles. The van der Waals surface area contributed by atoms with E-state index in [4.69, 9.17) is 0 Å². The lowest BCUT2D eigenvalue weighted by molar-refractivity contribution is -0.149. The van der Waals surface area contributed by atoms with Crippen LogP contribution in [0.4, 0.5) is 0 Å². The molecule has 0 aliphatic carbocycles. The summed E-state index contributed by atoms with van der Waals surface area (Å²) in [6, 6.07) is -1.45. The lowest BCUT2D eigenvalue weighted by atomic mass is 9.90. The summed E-state index contributed by atoms with van der Waals surface area (Å²) in [6.45, 7) is 6.09. The van der Waals surface area contributed by atoms with Gasteiger partial charge >= 0.3 is 5.97 Å². The number of thioether (sulfide) groups is 1. The molecule has 2 fully saturated rings. The van der Waals surface area contributed by atoms with E-state index in [0.717, 1.165) is 5.75 Å². The van der Waals surface area contributed by atoms with Crippen molar-refractivity contribution in [1.29, 1.82) is 0 Å². The standard InChI is InChI=1S/C16H26N2O4S2/c1-16(2,3)8-11(23)13(19)17-9-6-7-24-12-5-4-10(15(21)22)18(12)14(9)20/h9-12,23H,4-8H2,1-3H3,(H,17,19)(H,21,22)/t9-,10-,11?,12-/m0/s1. The van der Waals surface area contributed by atoms with Gasteiger partial charge in [0.05, 0.1) is 10.6 Å². The smallest absolute Gasteiger partial charge is 0.326 e. The van der Waals surface area contributed by atoms with Crippen LogP contribution >= 0.6 is 24.4 Å². The highest BCUT2D eigenvalue weighted by molar-refractivity contribution is 7.99. The molecule has 136 valence electrons. The molecule has 0 bridgehead atoms. The van der Waals surface area contributed by atoms with E-state index >= 15 is 0 Å². The van der Waals surface area contributed by atoms with Crippen molar-refractivity contribution in [3.63, 3.8) is 0 Å². The summed E-state index contributed by atoms with van der Waals surface area (Å²) in [5.41, 5.74) is -0.0402. The zero-order valence-electron chi connectivity index (χ0n) is 14.3. The molecule has 1 unspecified atom stereocenters. The average Bonchev–Trinajstić information content (AvgIpc) is 2.81. The molecule has 0 radical (unpaired) electrons. The molecule has 2 rings (SSSR count). The molecule has 2 saturated heterocycles. The number of carbonyl (C=O) groups is 3. The summed E-state index contributed by atoms with van der Waals surface area (Å²) in [5.74, 6) is -0.792. The highest BCUT2D eigenvalue weighted by atomic mass is 32.2. The number of fused-ring (bicyclic) bond motifs is 1. The number of carboxylic acids is 1. The Balaban J connectivity index is 2.06. The number of carboxylic acid groups (broad SMARTS) is 1. The zero-order valence-corrected chi connectivity index (χ0v) is 16.0. The van der Waals surface area contributed by atoms with Crippen LogP contribution in [0.2, 0.25) is 0 Å². The first-order valence-corrected chi connectivity index (χ1v) is 9.81. The fourth-order valence-corrected chi connectivity index (χ4v) is 5.16. The molecule has 6 nitrogen and oxygen atoms in total. The topological polar surface area (TPSA) is 86.7 Å². The Morgan fingerprint density at radius 3 is 2.62 bits per heavy atom.